The molecule has 1 aliphatic heterocycles. The Morgan fingerprint density at radius 3 is 3.14 bits per heavy atom. The molecule has 4 aromatic rings. The summed E-state index contributed by atoms with van der Waals surface area (Å²) in [5.74, 6) is 0. The Morgan fingerprint density at radius 2 is 2.24 bits per heavy atom. The Balaban J connectivity index is 1.31. The Labute approximate surface area is 167 Å². The number of nitrogens with one attached hydrogen (secondary N) is 3. The highest BCUT2D eigenvalue weighted by atomic mass is 16.3. The van der Waals surface area contributed by atoms with E-state index < -0.39 is 6.10 Å². The van der Waals surface area contributed by atoms with Gasteiger partial charge >= 0.3 is 5.69 Å². The van der Waals surface area contributed by atoms with Crippen molar-refractivity contribution in [2.24, 2.45) is 0 Å². The van der Waals surface area contributed by atoms with Gasteiger partial charge in [0.2, 0.25) is 0 Å². The van der Waals surface area contributed by atoms with Crippen LogP contribution in [0.1, 0.15) is 37.0 Å². The number of fused-ring (bicyclic) bond motifs is 1. The van der Waals surface area contributed by atoms with E-state index in [-0.39, 0.29) is 17.8 Å². The number of hydrogen-bond acceptors (Lipinski definition) is 4. The minimum atomic E-state index is -0.649. The number of aliphatic hydroxyl groups excluding tert-OH is 1. The molecule has 5 rings (SSSR count). The first kappa shape index (κ1) is 18.1. The summed E-state index contributed by atoms with van der Waals surface area (Å²) < 4.78 is 1.75. The monoisotopic (exact) mass is 391 g/mol. The number of aryl methyl sites for hydroxylation is 2. The summed E-state index contributed by atoms with van der Waals surface area (Å²) in [5.41, 5.74) is 4.66. The fourth-order valence-corrected chi connectivity index (χ4v) is 4.58. The van der Waals surface area contributed by atoms with Crippen molar-refractivity contribution in [3.63, 3.8) is 0 Å². The standard InChI is InChI=1S/C22H25N5O2/c1-13(5-6-14-11-24-19-12-23-9-7-15(14)19)25-18-8-10-27-20-16(21(18)28)3-2-4-17(20)26-22(27)29/h2-4,7,9,11-13,18,21,24-25,28H,5-6,8,10H2,1H3,(H,26,29). The number of aromatic nitrogens is 4. The van der Waals surface area contributed by atoms with Gasteiger partial charge in [-0.25, -0.2) is 4.79 Å². The van der Waals surface area contributed by atoms with Crippen molar-refractivity contribution < 1.29 is 5.11 Å². The molecule has 0 spiro atoms. The van der Waals surface area contributed by atoms with Gasteiger partial charge in [0.05, 0.1) is 28.9 Å². The van der Waals surface area contributed by atoms with E-state index in [1.807, 2.05) is 36.7 Å². The highest BCUT2D eigenvalue weighted by Gasteiger charge is 2.29. The number of aromatic amines is 2. The van der Waals surface area contributed by atoms with Gasteiger partial charge in [0.15, 0.2) is 0 Å². The van der Waals surface area contributed by atoms with Crippen LogP contribution in [-0.2, 0) is 13.0 Å². The van der Waals surface area contributed by atoms with Crippen molar-refractivity contribution in [3.8, 4) is 0 Å². The largest absolute Gasteiger partial charge is 0.387 e. The maximum atomic E-state index is 12.3. The molecule has 3 aromatic heterocycles. The number of aliphatic hydroxyl groups is 1. The lowest BCUT2D eigenvalue weighted by Crippen LogP contribution is -2.41. The second-order valence-corrected chi connectivity index (χ2v) is 8.01. The van der Waals surface area contributed by atoms with Gasteiger partial charge in [-0.1, -0.05) is 12.1 Å². The molecule has 0 saturated heterocycles. The number of rotatable bonds is 5. The van der Waals surface area contributed by atoms with Gasteiger partial charge in [0, 0.05) is 42.0 Å². The topological polar surface area (TPSA) is 98.7 Å². The molecule has 0 saturated carbocycles. The lowest BCUT2D eigenvalue weighted by Gasteiger charge is -2.26. The molecule has 3 unspecified atom stereocenters. The predicted molar refractivity (Wildman–Crippen MR) is 113 cm³/mol. The molecule has 0 fully saturated rings. The second-order valence-electron chi connectivity index (χ2n) is 8.01. The first-order valence-corrected chi connectivity index (χ1v) is 10.2. The van der Waals surface area contributed by atoms with Crippen LogP contribution in [0.2, 0.25) is 0 Å². The molecule has 7 heteroatoms. The molecular weight excluding hydrogens is 366 g/mol. The maximum Gasteiger partial charge on any atom is 0.326 e. The third-order valence-corrected chi connectivity index (χ3v) is 6.10. The predicted octanol–water partition coefficient (Wildman–Crippen LogP) is 2.62. The van der Waals surface area contributed by atoms with Crippen LogP contribution in [0.4, 0.5) is 0 Å². The molecule has 4 heterocycles. The van der Waals surface area contributed by atoms with Gasteiger partial charge in [-0.05, 0) is 43.9 Å². The average Bonchev–Trinajstić information content (AvgIpc) is 3.24. The third-order valence-electron chi connectivity index (χ3n) is 6.10. The van der Waals surface area contributed by atoms with Crippen LogP contribution >= 0.6 is 0 Å². The van der Waals surface area contributed by atoms with Gasteiger partial charge in [0.25, 0.3) is 0 Å². The SMILES string of the molecule is CC(CCc1c[nH]c2cnccc12)NC1CCn2c(=O)[nH]c3cccc(c32)C1O. The fourth-order valence-electron chi connectivity index (χ4n) is 4.58. The lowest BCUT2D eigenvalue weighted by atomic mass is 9.98. The molecule has 1 aromatic carbocycles. The number of nitrogens with zero attached hydrogens (tertiary/aromatic N) is 2. The van der Waals surface area contributed by atoms with Gasteiger partial charge in [-0.15, -0.1) is 0 Å². The smallest absolute Gasteiger partial charge is 0.326 e. The Morgan fingerprint density at radius 1 is 1.34 bits per heavy atom. The number of benzene rings is 1. The molecule has 150 valence electrons. The van der Waals surface area contributed by atoms with Crippen molar-refractivity contribution in [1.82, 2.24) is 24.8 Å². The second kappa shape index (κ2) is 7.17. The van der Waals surface area contributed by atoms with Gasteiger partial charge in [-0.3, -0.25) is 9.55 Å². The third kappa shape index (κ3) is 3.16. The van der Waals surface area contributed by atoms with E-state index in [0.29, 0.717) is 13.0 Å². The van der Waals surface area contributed by atoms with Crippen molar-refractivity contribution in [2.75, 3.05) is 0 Å². The molecule has 0 amide bonds. The van der Waals surface area contributed by atoms with E-state index in [9.17, 15) is 9.90 Å². The minimum Gasteiger partial charge on any atom is -0.387 e. The van der Waals surface area contributed by atoms with Crippen LogP contribution in [0, 0.1) is 0 Å². The average molecular weight is 391 g/mol. The molecule has 29 heavy (non-hydrogen) atoms. The summed E-state index contributed by atoms with van der Waals surface area (Å²) in [7, 11) is 0. The zero-order valence-corrected chi connectivity index (χ0v) is 16.4. The fraction of sp³-hybridized carbons (Fsp3) is 0.364. The number of para-hydroxylation sites is 1. The number of H-pyrrole nitrogens is 2. The highest BCUT2D eigenvalue weighted by Crippen LogP contribution is 2.30. The van der Waals surface area contributed by atoms with Crippen LogP contribution in [-0.4, -0.2) is 36.7 Å². The van der Waals surface area contributed by atoms with Crippen LogP contribution in [0.15, 0.2) is 47.7 Å². The summed E-state index contributed by atoms with van der Waals surface area (Å²) in [6.45, 7) is 2.74. The number of hydrogen-bond donors (Lipinski definition) is 4. The van der Waals surface area contributed by atoms with Crippen LogP contribution in [0.25, 0.3) is 21.9 Å². The Hall–Kier alpha value is -2.90. The van der Waals surface area contributed by atoms with E-state index in [4.69, 9.17) is 0 Å². The first-order valence-electron chi connectivity index (χ1n) is 10.2. The molecule has 0 radical (unpaired) electrons. The Bertz CT molecular complexity index is 1220. The molecule has 0 bridgehead atoms. The van der Waals surface area contributed by atoms with E-state index >= 15 is 0 Å². The molecule has 7 nitrogen and oxygen atoms in total. The van der Waals surface area contributed by atoms with Crippen molar-refractivity contribution in [3.05, 3.63) is 64.5 Å². The van der Waals surface area contributed by atoms with Crippen molar-refractivity contribution in [2.45, 2.75) is 50.9 Å². The first-order chi connectivity index (χ1) is 14.1. The summed E-state index contributed by atoms with van der Waals surface area (Å²) in [6, 6.07) is 7.87. The number of pyridine rings is 1. The van der Waals surface area contributed by atoms with Crippen LogP contribution in [0.5, 0.6) is 0 Å². The summed E-state index contributed by atoms with van der Waals surface area (Å²) in [6.07, 6.45) is 7.67. The highest BCUT2D eigenvalue weighted by molar-refractivity contribution is 5.82. The summed E-state index contributed by atoms with van der Waals surface area (Å²) >= 11 is 0. The summed E-state index contributed by atoms with van der Waals surface area (Å²) in [4.78, 5) is 22.6. The zero-order chi connectivity index (χ0) is 20.0. The number of imidazole rings is 1. The van der Waals surface area contributed by atoms with Crippen molar-refractivity contribution in [1.29, 1.82) is 0 Å². The van der Waals surface area contributed by atoms with Crippen molar-refractivity contribution >= 4 is 21.9 Å². The lowest BCUT2D eigenvalue weighted by molar-refractivity contribution is 0.119. The quantitative estimate of drug-likeness (QED) is 0.420. The normalized spacial score (nSPS) is 20.2. The van der Waals surface area contributed by atoms with Gasteiger partial charge in [0.1, 0.15) is 0 Å². The van der Waals surface area contributed by atoms with E-state index in [2.05, 4.69) is 33.4 Å². The summed E-state index contributed by atoms with van der Waals surface area (Å²) in [5, 5.41) is 15.9. The zero-order valence-electron chi connectivity index (χ0n) is 16.4. The van der Waals surface area contributed by atoms with Gasteiger partial charge in [-0.2, -0.15) is 0 Å². The minimum absolute atomic E-state index is 0.0953. The Kier molecular flexibility index (Phi) is 4.49. The molecule has 3 atom stereocenters. The van der Waals surface area contributed by atoms with Crippen LogP contribution in [0.3, 0.4) is 0 Å². The van der Waals surface area contributed by atoms with Crippen LogP contribution < -0.4 is 11.0 Å². The van der Waals surface area contributed by atoms with E-state index in [1.165, 1.54) is 10.9 Å². The molecule has 0 aliphatic carbocycles. The van der Waals surface area contributed by atoms with Gasteiger partial charge < -0.3 is 20.4 Å². The molecule has 4 N–H and O–H groups in total. The maximum absolute atomic E-state index is 12.3. The van der Waals surface area contributed by atoms with E-state index in [0.717, 1.165) is 35.0 Å². The molecule has 1 aliphatic rings. The van der Waals surface area contributed by atoms with E-state index in [1.54, 1.807) is 4.57 Å². The molecular formula is C22H25N5O2.